The molecule has 1 aliphatic rings. The number of hydrogen-bond donors (Lipinski definition) is 1. The average Bonchev–Trinajstić information content (AvgIpc) is 3.11. The molecular weight excluding hydrogens is 314 g/mol. The van der Waals surface area contributed by atoms with E-state index < -0.39 is 0 Å². The van der Waals surface area contributed by atoms with Gasteiger partial charge in [0, 0.05) is 17.1 Å². The van der Waals surface area contributed by atoms with E-state index in [2.05, 4.69) is 34.2 Å². The van der Waals surface area contributed by atoms with Crippen LogP contribution in [0.2, 0.25) is 0 Å². The monoisotopic (exact) mass is 335 g/mol. The van der Waals surface area contributed by atoms with Gasteiger partial charge in [0.05, 0.1) is 6.54 Å². The topological polar surface area (TPSA) is 81.4 Å². The third kappa shape index (κ3) is 3.41. The van der Waals surface area contributed by atoms with Gasteiger partial charge in [0.2, 0.25) is 5.16 Å². The molecule has 1 aliphatic heterocycles. The number of amides is 1. The maximum absolute atomic E-state index is 11.0. The molecule has 1 fully saturated rings. The summed E-state index contributed by atoms with van der Waals surface area (Å²) in [5, 5.41) is 7.85. The Morgan fingerprint density at radius 1 is 1.39 bits per heavy atom. The molecule has 0 aromatic carbocycles. The minimum atomic E-state index is -0.354. The van der Waals surface area contributed by atoms with Crippen molar-refractivity contribution in [3.63, 3.8) is 0 Å². The third-order valence-electron chi connectivity index (χ3n) is 3.96. The van der Waals surface area contributed by atoms with Crippen LogP contribution in [0.15, 0.2) is 5.16 Å². The zero-order valence-electron chi connectivity index (χ0n) is 13.6. The van der Waals surface area contributed by atoms with E-state index in [4.69, 9.17) is 4.74 Å². The molecule has 0 aliphatic carbocycles. The lowest BCUT2D eigenvalue weighted by Gasteiger charge is -2.09. The lowest BCUT2D eigenvalue weighted by Crippen LogP contribution is -2.16. The fourth-order valence-corrected chi connectivity index (χ4v) is 3.47. The number of unbranched alkanes of at least 4 members (excludes halogenated alkanes) is 1. The van der Waals surface area contributed by atoms with Crippen molar-refractivity contribution in [3.8, 4) is 0 Å². The summed E-state index contributed by atoms with van der Waals surface area (Å²) in [6.07, 6.45) is 2.83. The van der Waals surface area contributed by atoms with Crippen LogP contribution in [0.1, 0.15) is 36.7 Å². The van der Waals surface area contributed by atoms with Crippen LogP contribution in [0.4, 0.5) is 4.79 Å². The van der Waals surface area contributed by atoms with E-state index in [0.717, 1.165) is 30.7 Å². The van der Waals surface area contributed by atoms with Crippen molar-refractivity contribution in [1.29, 1.82) is 0 Å². The first-order valence-electron chi connectivity index (χ1n) is 7.88. The molecule has 3 rings (SSSR count). The number of carbonyl (C=O) groups is 1. The molecule has 1 N–H and O–H groups in total. The molecular formula is C15H21N5O2S. The molecule has 23 heavy (non-hydrogen) atoms. The number of aromatic nitrogens is 4. The summed E-state index contributed by atoms with van der Waals surface area (Å²) in [6.45, 7) is 6.82. The highest BCUT2D eigenvalue weighted by atomic mass is 32.2. The largest absolute Gasteiger partial charge is 0.443 e. The van der Waals surface area contributed by atoms with E-state index >= 15 is 0 Å². The molecule has 1 amide bonds. The Hall–Kier alpha value is -1.83. The van der Waals surface area contributed by atoms with Gasteiger partial charge in [0.25, 0.3) is 5.78 Å². The van der Waals surface area contributed by atoms with Gasteiger partial charge in [0.15, 0.2) is 0 Å². The standard InChI is InChI=1S/C15H21N5O2S/c1-4-5-6-12-9(2)17-13-18-14(19-20(13)10(12)3)23-8-11-7-16-15(21)22-11/h11H,4-8H2,1-3H3,(H,16,21)/t11-/m0/s1. The number of rotatable bonds is 6. The Balaban J connectivity index is 1.78. The van der Waals surface area contributed by atoms with Gasteiger partial charge >= 0.3 is 6.09 Å². The van der Waals surface area contributed by atoms with Crippen molar-refractivity contribution in [2.24, 2.45) is 0 Å². The van der Waals surface area contributed by atoms with Crippen molar-refractivity contribution in [2.45, 2.75) is 51.3 Å². The first-order chi connectivity index (χ1) is 11.1. The number of aryl methyl sites for hydroxylation is 2. The molecule has 3 heterocycles. The maximum atomic E-state index is 11.0. The van der Waals surface area contributed by atoms with Gasteiger partial charge in [-0.15, -0.1) is 5.10 Å². The number of nitrogens with zero attached hydrogens (tertiary/aromatic N) is 4. The molecule has 8 heteroatoms. The normalized spacial score (nSPS) is 17.5. The Labute approximate surface area is 139 Å². The predicted octanol–water partition coefficient (Wildman–Crippen LogP) is 2.28. The Morgan fingerprint density at radius 3 is 2.91 bits per heavy atom. The number of ether oxygens (including phenoxy) is 1. The quantitative estimate of drug-likeness (QED) is 0.816. The molecule has 2 aromatic heterocycles. The van der Waals surface area contributed by atoms with Crippen LogP contribution in [0.5, 0.6) is 0 Å². The van der Waals surface area contributed by atoms with Crippen LogP contribution in [-0.4, -0.2) is 44.1 Å². The summed E-state index contributed by atoms with van der Waals surface area (Å²) in [7, 11) is 0. The molecule has 2 aromatic rings. The van der Waals surface area contributed by atoms with Crippen molar-refractivity contribution < 1.29 is 9.53 Å². The van der Waals surface area contributed by atoms with E-state index in [1.165, 1.54) is 17.3 Å². The van der Waals surface area contributed by atoms with E-state index in [0.29, 0.717) is 23.2 Å². The maximum Gasteiger partial charge on any atom is 0.407 e. The van der Waals surface area contributed by atoms with E-state index in [1.807, 2.05) is 11.4 Å². The molecule has 0 radical (unpaired) electrons. The highest BCUT2D eigenvalue weighted by Gasteiger charge is 2.23. The second-order valence-electron chi connectivity index (χ2n) is 5.69. The number of hydrogen-bond acceptors (Lipinski definition) is 6. The summed E-state index contributed by atoms with van der Waals surface area (Å²) in [6, 6.07) is 0. The molecule has 1 saturated heterocycles. The molecule has 0 saturated carbocycles. The highest BCUT2D eigenvalue weighted by molar-refractivity contribution is 7.99. The third-order valence-corrected chi connectivity index (χ3v) is 4.93. The fraction of sp³-hybridized carbons (Fsp3) is 0.600. The summed E-state index contributed by atoms with van der Waals surface area (Å²) >= 11 is 1.48. The Morgan fingerprint density at radius 2 is 2.22 bits per heavy atom. The molecule has 0 spiro atoms. The minimum absolute atomic E-state index is 0.130. The second kappa shape index (κ2) is 6.74. The van der Waals surface area contributed by atoms with Crippen molar-refractivity contribution in [1.82, 2.24) is 24.9 Å². The van der Waals surface area contributed by atoms with Crippen LogP contribution in [0.3, 0.4) is 0 Å². The lowest BCUT2D eigenvalue weighted by atomic mass is 10.1. The van der Waals surface area contributed by atoms with Gasteiger partial charge in [-0.2, -0.15) is 4.98 Å². The zero-order chi connectivity index (χ0) is 16.4. The summed E-state index contributed by atoms with van der Waals surface area (Å²) in [4.78, 5) is 20.1. The Kier molecular flexibility index (Phi) is 4.70. The zero-order valence-corrected chi connectivity index (χ0v) is 14.4. The van der Waals surface area contributed by atoms with Crippen LogP contribution in [0, 0.1) is 13.8 Å². The van der Waals surface area contributed by atoms with Crippen LogP contribution >= 0.6 is 11.8 Å². The number of nitrogens with one attached hydrogen (secondary N) is 1. The molecule has 0 unspecified atom stereocenters. The van der Waals surface area contributed by atoms with Crippen LogP contribution in [0.25, 0.3) is 5.78 Å². The number of thioether (sulfide) groups is 1. The number of alkyl carbamates (subject to hydrolysis) is 1. The van der Waals surface area contributed by atoms with E-state index in [-0.39, 0.29) is 12.2 Å². The SMILES string of the molecule is CCCCc1c(C)nc2nc(SC[C@@H]3CNC(=O)O3)nn2c1C. The lowest BCUT2D eigenvalue weighted by molar-refractivity contribution is 0.150. The Bertz CT molecular complexity index is 730. The molecule has 0 bridgehead atoms. The average molecular weight is 335 g/mol. The van der Waals surface area contributed by atoms with Crippen molar-refractivity contribution in [2.75, 3.05) is 12.3 Å². The molecule has 7 nitrogen and oxygen atoms in total. The first-order valence-corrected chi connectivity index (χ1v) is 8.87. The van der Waals surface area contributed by atoms with Gasteiger partial charge in [-0.3, -0.25) is 0 Å². The van der Waals surface area contributed by atoms with Crippen LogP contribution in [-0.2, 0) is 11.2 Å². The van der Waals surface area contributed by atoms with Crippen molar-refractivity contribution >= 4 is 23.6 Å². The smallest absolute Gasteiger partial charge is 0.407 e. The number of fused-ring (bicyclic) bond motifs is 1. The molecule has 1 atom stereocenters. The predicted molar refractivity (Wildman–Crippen MR) is 87.9 cm³/mol. The number of cyclic esters (lactones) is 1. The van der Waals surface area contributed by atoms with Gasteiger partial charge < -0.3 is 10.1 Å². The second-order valence-corrected chi connectivity index (χ2v) is 6.68. The highest BCUT2D eigenvalue weighted by Crippen LogP contribution is 2.21. The van der Waals surface area contributed by atoms with Gasteiger partial charge in [-0.25, -0.2) is 14.3 Å². The van der Waals surface area contributed by atoms with Gasteiger partial charge in [-0.05, 0) is 32.3 Å². The van der Waals surface area contributed by atoms with Crippen LogP contribution < -0.4 is 5.32 Å². The molecule has 124 valence electrons. The fourth-order valence-electron chi connectivity index (χ4n) is 2.66. The van der Waals surface area contributed by atoms with E-state index in [1.54, 1.807) is 0 Å². The summed E-state index contributed by atoms with van der Waals surface area (Å²) < 4.78 is 6.93. The number of carbonyl (C=O) groups excluding carboxylic acids is 1. The summed E-state index contributed by atoms with van der Waals surface area (Å²) in [5.41, 5.74) is 3.39. The summed E-state index contributed by atoms with van der Waals surface area (Å²) in [5.74, 6) is 1.26. The van der Waals surface area contributed by atoms with E-state index in [9.17, 15) is 4.79 Å². The van der Waals surface area contributed by atoms with Gasteiger partial charge in [0.1, 0.15) is 6.10 Å². The first kappa shape index (κ1) is 16.0. The minimum Gasteiger partial charge on any atom is -0.443 e. The van der Waals surface area contributed by atoms with Crippen molar-refractivity contribution in [3.05, 3.63) is 17.0 Å². The van der Waals surface area contributed by atoms with Gasteiger partial charge in [-0.1, -0.05) is 25.1 Å².